The third kappa shape index (κ3) is 5.36. The second-order valence-corrected chi connectivity index (χ2v) is 6.72. The summed E-state index contributed by atoms with van der Waals surface area (Å²) in [5, 5.41) is 10.0. The fourth-order valence-corrected chi connectivity index (χ4v) is 3.11. The number of nitrogens with zero attached hydrogens (tertiary/aromatic N) is 1. The Labute approximate surface area is 135 Å². The minimum Gasteiger partial charge on any atom is -0.480 e. The van der Waals surface area contributed by atoms with Gasteiger partial charge in [0, 0.05) is 12.0 Å². The van der Waals surface area contributed by atoms with E-state index in [9.17, 15) is 13.2 Å². The first kappa shape index (κ1) is 16.9. The molecule has 120 valence electrons. The van der Waals surface area contributed by atoms with E-state index in [4.69, 9.17) is 5.11 Å². The third-order valence-corrected chi connectivity index (χ3v) is 4.56. The molecule has 0 amide bonds. The lowest BCUT2D eigenvalue weighted by atomic mass is 10.2. The number of rotatable bonds is 7. The zero-order valence-electron chi connectivity index (χ0n) is 12.4. The molecule has 0 aliphatic rings. The van der Waals surface area contributed by atoms with Crippen molar-refractivity contribution in [2.45, 2.75) is 6.54 Å². The maximum atomic E-state index is 12.4. The monoisotopic (exact) mass is 331 g/mol. The van der Waals surface area contributed by atoms with Crippen LogP contribution in [0.1, 0.15) is 11.1 Å². The van der Waals surface area contributed by atoms with Crippen molar-refractivity contribution < 1.29 is 18.3 Å². The van der Waals surface area contributed by atoms with E-state index < -0.39 is 22.5 Å². The molecule has 0 saturated heterocycles. The second-order valence-electron chi connectivity index (χ2n) is 4.91. The van der Waals surface area contributed by atoms with Crippen molar-refractivity contribution in [3.05, 3.63) is 77.2 Å². The lowest BCUT2D eigenvalue weighted by Gasteiger charge is -2.18. The summed E-state index contributed by atoms with van der Waals surface area (Å²) in [6.07, 6.45) is 1.45. The van der Waals surface area contributed by atoms with Gasteiger partial charge in [0.25, 0.3) is 0 Å². The molecule has 23 heavy (non-hydrogen) atoms. The summed E-state index contributed by atoms with van der Waals surface area (Å²) in [6, 6.07) is 17.8. The molecule has 0 aliphatic carbocycles. The Kier molecular flexibility index (Phi) is 5.67. The highest BCUT2D eigenvalue weighted by atomic mass is 32.2. The average molecular weight is 331 g/mol. The smallest absolute Gasteiger partial charge is 0.318 e. The Morgan fingerprint density at radius 3 is 2.13 bits per heavy atom. The molecule has 6 heteroatoms. The number of sulfonamides is 1. The first-order valence-corrected chi connectivity index (χ1v) is 8.47. The molecule has 0 fully saturated rings. The van der Waals surface area contributed by atoms with E-state index in [-0.39, 0.29) is 6.54 Å². The molecule has 0 saturated carbocycles. The zero-order valence-corrected chi connectivity index (χ0v) is 13.2. The second kappa shape index (κ2) is 7.71. The summed E-state index contributed by atoms with van der Waals surface area (Å²) in [6.45, 7) is -0.578. The SMILES string of the molecule is O=C(O)CN(Cc1ccccc1)S(=O)(=O)/C=C/c1ccccc1. The van der Waals surface area contributed by atoms with Crippen molar-refractivity contribution >= 4 is 22.1 Å². The highest BCUT2D eigenvalue weighted by Gasteiger charge is 2.22. The lowest BCUT2D eigenvalue weighted by molar-refractivity contribution is -0.137. The number of hydrogen-bond acceptors (Lipinski definition) is 3. The van der Waals surface area contributed by atoms with Crippen LogP contribution in [0, 0.1) is 0 Å². The fraction of sp³-hybridized carbons (Fsp3) is 0.118. The summed E-state index contributed by atoms with van der Waals surface area (Å²) in [7, 11) is -3.84. The Bertz CT molecular complexity index is 771. The number of aliphatic carboxylic acids is 1. The van der Waals surface area contributed by atoms with Gasteiger partial charge in [0.15, 0.2) is 0 Å². The summed E-state index contributed by atoms with van der Waals surface area (Å²) < 4.78 is 25.8. The highest BCUT2D eigenvalue weighted by molar-refractivity contribution is 7.92. The third-order valence-electron chi connectivity index (χ3n) is 3.11. The minimum absolute atomic E-state index is 0.00853. The van der Waals surface area contributed by atoms with Crippen LogP contribution < -0.4 is 0 Å². The van der Waals surface area contributed by atoms with Crippen LogP contribution in [-0.2, 0) is 21.4 Å². The van der Waals surface area contributed by atoms with Crippen LogP contribution in [-0.4, -0.2) is 30.3 Å². The van der Waals surface area contributed by atoms with E-state index in [1.807, 2.05) is 12.1 Å². The fourth-order valence-electron chi connectivity index (χ4n) is 1.99. The van der Waals surface area contributed by atoms with E-state index in [1.54, 1.807) is 48.5 Å². The molecule has 0 unspecified atom stereocenters. The maximum absolute atomic E-state index is 12.4. The summed E-state index contributed by atoms with van der Waals surface area (Å²) in [5.74, 6) is -1.20. The minimum atomic E-state index is -3.84. The predicted molar refractivity (Wildman–Crippen MR) is 88.9 cm³/mol. The number of carboxylic acids is 1. The van der Waals surface area contributed by atoms with Gasteiger partial charge < -0.3 is 5.11 Å². The van der Waals surface area contributed by atoms with E-state index >= 15 is 0 Å². The van der Waals surface area contributed by atoms with Gasteiger partial charge in [0.2, 0.25) is 10.0 Å². The molecule has 0 spiro atoms. The molecule has 5 nitrogen and oxygen atoms in total. The predicted octanol–water partition coefficient (Wildman–Crippen LogP) is 2.57. The van der Waals surface area contributed by atoms with Crippen LogP contribution in [0.3, 0.4) is 0 Å². The molecule has 2 rings (SSSR count). The maximum Gasteiger partial charge on any atom is 0.318 e. The molecular formula is C17H17NO4S. The first-order chi connectivity index (χ1) is 11.0. The molecular weight excluding hydrogens is 314 g/mol. The summed E-state index contributed by atoms with van der Waals surface area (Å²) >= 11 is 0. The molecule has 0 aromatic heterocycles. The summed E-state index contributed by atoms with van der Waals surface area (Å²) in [4.78, 5) is 11.0. The van der Waals surface area contributed by atoms with Crippen LogP contribution in [0.4, 0.5) is 0 Å². The molecule has 2 aromatic rings. The van der Waals surface area contributed by atoms with E-state index in [0.717, 1.165) is 20.8 Å². The van der Waals surface area contributed by atoms with Gasteiger partial charge in [-0.25, -0.2) is 8.42 Å². The molecule has 2 aromatic carbocycles. The van der Waals surface area contributed by atoms with Crippen LogP contribution in [0.5, 0.6) is 0 Å². The van der Waals surface area contributed by atoms with Crippen LogP contribution >= 0.6 is 0 Å². The normalized spacial score (nSPS) is 11.9. The van der Waals surface area contributed by atoms with E-state index in [1.165, 1.54) is 6.08 Å². The molecule has 0 atom stereocenters. The van der Waals surface area contributed by atoms with Gasteiger partial charge in [-0.05, 0) is 17.2 Å². The van der Waals surface area contributed by atoms with Gasteiger partial charge in [-0.1, -0.05) is 60.7 Å². The largest absolute Gasteiger partial charge is 0.480 e. The van der Waals surface area contributed by atoms with Crippen molar-refractivity contribution in [1.82, 2.24) is 4.31 Å². The van der Waals surface area contributed by atoms with Crippen LogP contribution in [0.15, 0.2) is 66.1 Å². The molecule has 0 bridgehead atoms. The molecule has 1 N–H and O–H groups in total. The Hall–Kier alpha value is -2.44. The van der Waals surface area contributed by atoms with Crippen molar-refractivity contribution in [2.75, 3.05) is 6.54 Å². The van der Waals surface area contributed by atoms with Crippen molar-refractivity contribution in [3.63, 3.8) is 0 Å². The van der Waals surface area contributed by atoms with E-state index in [0.29, 0.717) is 0 Å². The Morgan fingerprint density at radius 2 is 1.57 bits per heavy atom. The number of carboxylic acid groups (broad SMARTS) is 1. The van der Waals surface area contributed by atoms with Crippen molar-refractivity contribution in [1.29, 1.82) is 0 Å². The molecule has 0 radical (unpaired) electrons. The topological polar surface area (TPSA) is 74.7 Å². The van der Waals surface area contributed by atoms with Gasteiger partial charge in [-0.3, -0.25) is 4.79 Å². The summed E-state index contributed by atoms with van der Waals surface area (Å²) in [5.41, 5.74) is 1.46. The first-order valence-electron chi connectivity index (χ1n) is 6.96. The molecule has 0 aliphatic heterocycles. The van der Waals surface area contributed by atoms with Gasteiger partial charge in [-0.2, -0.15) is 4.31 Å². The molecule has 0 heterocycles. The van der Waals surface area contributed by atoms with Crippen LogP contribution in [0.25, 0.3) is 6.08 Å². The van der Waals surface area contributed by atoms with E-state index in [2.05, 4.69) is 0 Å². The highest BCUT2D eigenvalue weighted by Crippen LogP contribution is 2.12. The average Bonchev–Trinajstić information content (AvgIpc) is 2.54. The quantitative estimate of drug-likeness (QED) is 0.846. The van der Waals surface area contributed by atoms with Crippen molar-refractivity contribution in [3.8, 4) is 0 Å². The van der Waals surface area contributed by atoms with Gasteiger partial charge in [0.05, 0.1) is 0 Å². The lowest BCUT2D eigenvalue weighted by Crippen LogP contribution is -2.33. The standard InChI is InChI=1S/C17H17NO4S/c19-17(20)14-18(13-16-9-5-2-6-10-16)23(21,22)12-11-15-7-3-1-4-8-15/h1-12H,13-14H2,(H,19,20)/b12-11+. The van der Waals surface area contributed by atoms with Gasteiger partial charge in [-0.15, -0.1) is 0 Å². The number of benzene rings is 2. The number of hydrogen-bond donors (Lipinski definition) is 1. The Morgan fingerprint density at radius 1 is 1.00 bits per heavy atom. The van der Waals surface area contributed by atoms with Crippen LogP contribution in [0.2, 0.25) is 0 Å². The Balaban J connectivity index is 2.22. The van der Waals surface area contributed by atoms with Gasteiger partial charge in [0.1, 0.15) is 6.54 Å². The number of carbonyl (C=O) groups is 1. The zero-order chi connectivity index (χ0) is 16.7. The van der Waals surface area contributed by atoms with Gasteiger partial charge >= 0.3 is 5.97 Å². The van der Waals surface area contributed by atoms with Crippen molar-refractivity contribution in [2.24, 2.45) is 0 Å².